The highest BCUT2D eigenvalue weighted by Gasteiger charge is 2.26. The predicted octanol–water partition coefficient (Wildman–Crippen LogP) is 2.66. The summed E-state index contributed by atoms with van der Waals surface area (Å²) in [7, 11) is 1.42. The maximum atomic E-state index is 10.2. The molecule has 0 saturated carbocycles. The molecule has 2 aromatic rings. The van der Waals surface area contributed by atoms with Gasteiger partial charge in [-0.05, 0) is 49.2 Å². The minimum absolute atomic E-state index is 0.0591. The third-order valence-electron chi connectivity index (χ3n) is 3.99. The van der Waals surface area contributed by atoms with Crippen molar-refractivity contribution < 1.29 is 30.3 Å². The quantitative estimate of drug-likeness (QED) is 0.507. The van der Waals surface area contributed by atoms with Gasteiger partial charge in [-0.1, -0.05) is 12.2 Å². The van der Waals surface area contributed by atoms with Crippen LogP contribution < -0.4 is 4.74 Å². The number of aromatic hydroxyl groups is 3. The lowest BCUT2D eigenvalue weighted by molar-refractivity contribution is -0.0471. The summed E-state index contributed by atoms with van der Waals surface area (Å²) in [6, 6.07) is 7.43. The molecule has 26 heavy (non-hydrogen) atoms. The predicted molar refractivity (Wildman–Crippen MR) is 99.4 cm³/mol. The van der Waals surface area contributed by atoms with Gasteiger partial charge < -0.3 is 30.3 Å². The molecule has 5 N–H and O–H groups in total. The van der Waals surface area contributed by atoms with E-state index in [1.165, 1.54) is 45.2 Å². The fourth-order valence-corrected chi connectivity index (χ4v) is 2.54. The number of aliphatic hydroxyl groups is 2. The lowest BCUT2D eigenvalue weighted by atomic mass is 9.93. The average Bonchev–Trinajstić information content (AvgIpc) is 2.51. The van der Waals surface area contributed by atoms with Gasteiger partial charge >= 0.3 is 0 Å². The second-order valence-corrected chi connectivity index (χ2v) is 6.72. The van der Waals surface area contributed by atoms with Crippen molar-refractivity contribution in [1.29, 1.82) is 0 Å². The molecule has 0 aliphatic carbocycles. The van der Waals surface area contributed by atoms with Crippen molar-refractivity contribution in [3.63, 3.8) is 0 Å². The standard InChI is InChI=1S/C20H24O6/c1-20(2,25)18(24)10-14-6-12(9-17(23)19(14)26-3)4-5-13-7-15(21)11-16(22)8-13/h4-9,11,18,21-25H,10H2,1-3H3/b5-4+. The minimum Gasteiger partial charge on any atom is -0.508 e. The van der Waals surface area contributed by atoms with E-state index >= 15 is 0 Å². The number of hydrogen-bond acceptors (Lipinski definition) is 6. The minimum atomic E-state index is -1.30. The monoisotopic (exact) mass is 360 g/mol. The van der Waals surface area contributed by atoms with Gasteiger partial charge in [0, 0.05) is 18.1 Å². The number of methoxy groups -OCH3 is 1. The zero-order valence-corrected chi connectivity index (χ0v) is 15.0. The van der Waals surface area contributed by atoms with Crippen molar-refractivity contribution in [2.24, 2.45) is 0 Å². The topological polar surface area (TPSA) is 110 Å². The van der Waals surface area contributed by atoms with Crippen LogP contribution in [0.1, 0.15) is 30.5 Å². The summed E-state index contributed by atoms with van der Waals surface area (Å²) in [5.74, 6) is 0.0271. The molecule has 140 valence electrons. The molecule has 2 aromatic carbocycles. The first-order valence-corrected chi connectivity index (χ1v) is 8.11. The van der Waals surface area contributed by atoms with E-state index in [4.69, 9.17) is 4.74 Å². The van der Waals surface area contributed by atoms with Crippen LogP contribution in [0.2, 0.25) is 0 Å². The van der Waals surface area contributed by atoms with Crippen molar-refractivity contribution >= 4 is 12.2 Å². The maximum Gasteiger partial charge on any atom is 0.163 e. The second kappa shape index (κ2) is 7.68. The summed E-state index contributed by atoms with van der Waals surface area (Å²) in [4.78, 5) is 0. The molecule has 0 saturated heterocycles. The van der Waals surface area contributed by atoms with Gasteiger partial charge in [0.25, 0.3) is 0 Å². The average molecular weight is 360 g/mol. The zero-order valence-electron chi connectivity index (χ0n) is 15.0. The first-order valence-electron chi connectivity index (χ1n) is 8.11. The summed E-state index contributed by atoms with van der Waals surface area (Å²) in [6.45, 7) is 3.00. The van der Waals surface area contributed by atoms with Crippen molar-refractivity contribution in [2.75, 3.05) is 7.11 Å². The molecule has 0 heterocycles. The van der Waals surface area contributed by atoms with Crippen LogP contribution in [0.25, 0.3) is 12.2 Å². The van der Waals surface area contributed by atoms with Crippen molar-refractivity contribution in [1.82, 2.24) is 0 Å². The number of phenols is 3. The fourth-order valence-electron chi connectivity index (χ4n) is 2.54. The van der Waals surface area contributed by atoms with E-state index in [2.05, 4.69) is 0 Å². The van der Waals surface area contributed by atoms with Crippen molar-refractivity contribution in [2.45, 2.75) is 32.0 Å². The molecule has 0 fully saturated rings. The Balaban J connectivity index is 2.36. The van der Waals surface area contributed by atoms with Crippen LogP contribution in [0.15, 0.2) is 30.3 Å². The van der Waals surface area contributed by atoms with Crippen molar-refractivity contribution in [3.8, 4) is 23.0 Å². The first kappa shape index (κ1) is 19.6. The Hall–Kier alpha value is -2.70. The number of ether oxygens (including phenoxy) is 1. The van der Waals surface area contributed by atoms with Crippen LogP contribution >= 0.6 is 0 Å². The van der Waals surface area contributed by atoms with Gasteiger partial charge in [0.15, 0.2) is 11.5 Å². The maximum absolute atomic E-state index is 10.2. The highest BCUT2D eigenvalue weighted by molar-refractivity contribution is 5.72. The van der Waals surface area contributed by atoms with Crippen LogP contribution in [-0.2, 0) is 6.42 Å². The molecule has 6 nitrogen and oxygen atoms in total. The van der Waals surface area contributed by atoms with E-state index in [0.29, 0.717) is 16.7 Å². The van der Waals surface area contributed by atoms with E-state index < -0.39 is 11.7 Å². The van der Waals surface area contributed by atoms with Gasteiger partial charge in [0.05, 0.1) is 18.8 Å². The largest absolute Gasteiger partial charge is 0.508 e. The van der Waals surface area contributed by atoms with E-state index in [0.717, 1.165) is 0 Å². The number of hydrogen-bond donors (Lipinski definition) is 5. The number of aliphatic hydroxyl groups excluding tert-OH is 1. The van der Waals surface area contributed by atoms with E-state index in [9.17, 15) is 25.5 Å². The molecule has 0 aromatic heterocycles. The molecule has 2 rings (SSSR count). The molecule has 0 bridgehead atoms. The molecule has 1 unspecified atom stereocenters. The van der Waals surface area contributed by atoms with Gasteiger partial charge in [0.1, 0.15) is 11.5 Å². The van der Waals surface area contributed by atoms with Crippen LogP contribution in [0, 0.1) is 0 Å². The number of phenolic OH excluding ortho intramolecular Hbond substituents is 3. The molecular formula is C20H24O6. The van der Waals surface area contributed by atoms with Gasteiger partial charge in [0.2, 0.25) is 0 Å². The normalized spacial score (nSPS) is 13.1. The highest BCUT2D eigenvalue weighted by atomic mass is 16.5. The Labute approximate surface area is 152 Å². The van der Waals surface area contributed by atoms with Crippen molar-refractivity contribution in [3.05, 3.63) is 47.0 Å². The van der Waals surface area contributed by atoms with Gasteiger partial charge in [-0.3, -0.25) is 0 Å². The molecule has 0 radical (unpaired) electrons. The smallest absolute Gasteiger partial charge is 0.163 e. The summed E-state index contributed by atoms with van der Waals surface area (Å²) in [5.41, 5.74) is 0.450. The highest BCUT2D eigenvalue weighted by Crippen LogP contribution is 2.34. The Morgan fingerprint density at radius 2 is 1.50 bits per heavy atom. The number of rotatable bonds is 6. The van der Waals surface area contributed by atoms with Crippen LogP contribution in [0.5, 0.6) is 23.0 Å². The SMILES string of the molecule is COc1c(O)cc(/C=C/c2cc(O)cc(O)c2)cc1CC(O)C(C)(C)O. The van der Waals surface area contributed by atoms with Gasteiger partial charge in [-0.2, -0.15) is 0 Å². The third-order valence-corrected chi connectivity index (χ3v) is 3.99. The van der Waals surface area contributed by atoms with Crippen LogP contribution in [-0.4, -0.2) is 44.3 Å². The van der Waals surface area contributed by atoms with Crippen LogP contribution in [0.4, 0.5) is 0 Å². The Bertz CT molecular complexity index is 784. The third kappa shape index (κ3) is 4.91. The van der Waals surface area contributed by atoms with E-state index in [1.807, 2.05) is 0 Å². The lowest BCUT2D eigenvalue weighted by Crippen LogP contribution is -2.37. The first-order chi connectivity index (χ1) is 12.1. The summed E-state index contributed by atoms with van der Waals surface area (Å²) in [6.07, 6.45) is 2.40. The molecule has 0 spiro atoms. The summed E-state index contributed by atoms with van der Waals surface area (Å²) in [5, 5.41) is 49.3. The number of benzene rings is 2. The summed E-state index contributed by atoms with van der Waals surface area (Å²) >= 11 is 0. The van der Waals surface area contributed by atoms with Gasteiger partial charge in [-0.25, -0.2) is 0 Å². The van der Waals surface area contributed by atoms with Crippen LogP contribution in [0.3, 0.4) is 0 Å². The molecule has 1 atom stereocenters. The molecule has 6 heteroatoms. The zero-order chi connectivity index (χ0) is 19.5. The molecular weight excluding hydrogens is 336 g/mol. The second-order valence-electron chi connectivity index (χ2n) is 6.72. The summed E-state index contributed by atoms with van der Waals surface area (Å²) < 4.78 is 5.21. The Morgan fingerprint density at radius 3 is 2.00 bits per heavy atom. The molecule has 0 amide bonds. The van der Waals surface area contributed by atoms with Gasteiger partial charge in [-0.15, -0.1) is 0 Å². The lowest BCUT2D eigenvalue weighted by Gasteiger charge is -2.25. The Kier molecular flexibility index (Phi) is 5.79. The fraction of sp³-hybridized carbons (Fsp3) is 0.300. The Morgan fingerprint density at radius 1 is 0.962 bits per heavy atom. The molecule has 0 aliphatic heterocycles. The molecule has 0 aliphatic rings. The van der Waals surface area contributed by atoms with E-state index in [-0.39, 0.29) is 29.4 Å². The van der Waals surface area contributed by atoms with E-state index in [1.54, 1.807) is 18.2 Å².